The van der Waals surface area contributed by atoms with E-state index in [0.29, 0.717) is 17.4 Å². The topological polar surface area (TPSA) is 67.4 Å². The highest BCUT2D eigenvalue weighted by molar-refractivity contribution is 7.91. The Morgan fingerprint density at radius 3 is 2.90 bits per heavy atom. The van der Waals surface area contributed by atoms with E-state index >= 15 is 0 Å². The van der Waals surface area contributed by atoms with Gasteiger partial charge in [0.05, 0.1) is 5.60 Å². The fraction of sp³-hybridized carbons (Fsp3) is 0.692. The van der Waals surface area contributed by atoms with Gasteiger partial charge < -0.3 is 10.1 Å². The predicted octanol–water partition coefficient (Wildman–Crippen LogP) is 1.36. The molecule has 0 saturated carbocycles. The van der Waals surface area contributed by atoms with Gasteiger partial charge in [0.15, 0.2) is 0 Å². The molecule has 1 aromatic rings. The van der Waals surface area contributed by atoms with Crippen LogP contribution in [0.25, 0.3) is 0 Å². The van der Waals surface area contributed by atoms with Gasteiger partial charge in [0.1, 0.15) is 4.21 Å². The summed E-state index contributed by atoms with van der Waals surface area (Å²) in [6.07, 6.45) is 2.73. The van der Waals surface area contributed by atoms with Crippen LogP contribution in [0.1, 0.15) is 24.6 Å². The molecular weight excluding hydrogens is 296 g/mol. The molecule has 0 radical (unpaired) electrons. The van der Waals surface area contributed by atoms with Crippen LogP contribution >= 0.6 is 11.3 Å². The lowest BCUT2D eigenvalue weighted by Crippen LogP contribution is -2.39. The summed E-state index contributed by atoms with van der Waals surface area (Å²) in [5.41, 5.74) is -0.362. The zero-order chi connectivity index (χ0) is 14.6. The van der Waals surface area contributed by atoms with Crippen molar-refractivity contribution in [3.8, 4) is 0 Å². The van der Waals surface area contributed by atoms with Crippen LogP contribution in [0.15, 0.2) is 16.3 Å². The summed E-state index contributed by atoms with van der Waals surface area (Å²) >= 11 is 1.33. The summed E-state index contributed by atoms with van der Waals surface area (Å²) in [7, 11) is -1.54. The van der Waals surface area contributed by atoms with Crippen molar-refractivity contribution < 1.29 is 13.2 Å². The number of nitrogens with one attached hydrogen (secondary N) is 2. The first-order valence-corrected chi connectivity index (χ1v) is 9.12. The van der Waals surface area contributed by atoms with E-state index in [1.807, 2.05) is 20.0 Å². The van der Waals surface area contributed by atoms with E-state index < -0.39 is 10.0 Å². The van der Waals surface area contributed by atoms with E-state index in [-0.39, 0.29) is 5.60 Å². The van der Waals surface area contributed by atoms with Crippen molar-refractivity contribution in [2.24, 2.45) is 0 Å². The second-order valence-corrected chi connectivity index (χ2v) is 8.46. The lowest BCUT2D eigenvalue weighted by molar-refractivity contribution is 0.0250. The van der Waals surface area contributed by atoms with Gasteiger partial charge in [-0.25, -0.2) is 13.1 Å². The van der Waals surface area contributed by atoms with Crippen LogP contribution in [0.2, 0.25) is 0 Å². The number of ether oxygens (including phenoxy) is 1. The van der Waals surface area contributed by atoms with Crippen molar-refractivity contribution >= 4 is 21.4 Å². The quantitative estimate of drug-likeness (QED) is 0.796. The number of hydrogen-bond donors (Lipinski definition) is 2. The Kier molecular flexibility index (Phi) is 5.19. The lowest BCUT2D eigenvalue weighted by atomic mass is 10.0. The van der Waals surface area contributed by atoms with Crippen molar-refractivity contribution in [2.45, 2.75) is 36.0 Å². The second-order valence-electron chi connectivity index (χ2n) is 5.30. The van der Waals surface area contributed by atoms with Crippen molar-refractivity contribution in [3.05, 3.63) is 17.0 Å². The van der Waals surface area contributed by atoms with Crippen molar-refractivity contribution in [1.82, 2.24) is 10.0 Å². The highest BCUT2D eigenvalue weighted by Gasteiger charge is 2.31. The summed E-state index contributed by atoms with van der Waals surface area (Å²) < 4.78 is 33.1. The third-order valence-electron chi connectivity index (χ3n) is 3.46. The second kappa shape index (κ2) is 6.53. The molecule has 1 aliphatic rings. The fourth-order valence-corrected chi connectivity index (χ4v) is 4.74. The van der Waals surface area contributed by atoms with E-state index in [9.17, 15) is 8.42 Å². The Bertz CT molecular complexity index is 534. The van der Waals surface area contributed by atoms with Gasteiger partial charge in [0.2, 0.25) is 10.0 Å². The van der Waals surface area contributed by atoms with Gasteiger partial charge in [-0.1, -0.05) is 0 Å². The molecule has 1 unspecified atom stereocenters. The van der Waals surface area contributed by atoms with Gasteiger partial charge in [-0.3, -0.25) is 0 Å². The predicted molar refractivity (Wildman–Crippen MR) is 80.7 cm³/mol. The first kappa shape index (κ1) is 15.9. The minimum Gasteiger partial charge on any atom is -0.374 e. The standard InChI is InChI=1S/C13H22N2O3S2/c1-13(7-3-9-18-13)10-15-20(16,17)12-5-4-11(19-12)6-8-14-2/h4-5,14-15H,3,6-10H2,1-2H3. The average molecular weight is 318 g/mol. The highest BCUT2D eigenvalue weighted by Crippen LogP contribution is 2.26. The van der Waals surface area contributed by atoms with E-state index in [4.69, 9.17) is 4.74 Å². The van der Waals surface area contributed by atoms with Crippen LogP contribution in [0, 0.1) is 0 Å². The molecule has 2 N–H and O–H groups in total. The van der Waals surface area contributed by atoms with Gasteiger partial charge in [-0.05, 0) is 51.9 Å². The third-order valence-corrected chi connectivity index (χ3v) is 6.50. The van der Waals surface area contributed by atoms with Gasteiger partial charge in [0.25, 0.3) is 0 Å². The largest absolute Gasteiger partial charge is 0.374 e. The molecule has 0 bridgehead atoms. The van der Waals surface area contributed by atoms with Crippen LogP contribution in [0.3, 0.4) is 0 Å². The summed E-state index contributed by atoms with van der Waals surface area (Å²) in [4.78, 5) is 1.07. The maximum Gasteiger partial charge on any atom is 0.250 e. The van der Waals surface area contributed by atoms with Gasteiger partial charge >= 0.3 is 0 Å². The van der Waals surface area contributed by atoms with Crippen LogP contribution in [-0.2, 0) is 21.2 Å². The van der Waals surface area contributed by atoms with Crippen molar-refractivity contribution in [3.63, 3.8) is 0 Å². The number of sulfonamides is 1. The number of rotatable bonds is 7. The maximum absolute atomic E-state index is 12.2. The molecule has 1 saturated heterocycles. The lowest BCUT2D eigenvalue weighted by Gasteiger charge is -2.22. The van der Waals surface area contributed by atoms with Crippen LogP contribution in [0.4, 0.5) is 0 Å². The molecular formula is C13H22N2O3S2. The average Bonchev–Trinajstić information content (AvgIpc) is 3.04. The summed E-state index contributed by atoms with van der Waals surface area (Å²) in [6, 6.07) is 3.56. The zero-order valence-corrected chi connectivity index (χ0v) is 13.6. The SMILES string of the molecule is CNCCc1ccc(S(=O)(=O)NCC2(C)CCCO2)s1. The molecule has 0 aliphatic carbocycles. The molecule has 1 fully saturated rings. The Morgan fingerprint density at radius 1 is 1.45 bits per heavy atom. The first-order chi connectivity index (χ1) is 9.45. The number of thiophene rings is 1. The fourth-order valence-electron chi connectivity index (χ4n) is 2.18. The third kappa shape index (κ3) is 4.02. The minimum absolute atomic E-state index is 0.332. The van der Waals surface area contributed by atoms with E-state index in [1.165, 1.54) is 11.3 Å². The molecule has 20 heavy (non-hydrogen) atoms. The molecule has 1 aromatic heterocycles. The number of likely N-dealkylation sites (N-methyl/N-ethyl adjacent to an activating group) is 1. The normalized spacial score (nSPS) is 23.3. The maximum atomic E-state index is 12.2. The summed E-state index contributed by atoms with van der Waals surface area (Å²) in [5.74, 6) is 0. The number of hydrogen-bond acceptors (Lipinski definition) is 5. The van der Waals surface area contributed by atoms with E-state index in [0.717, 1.165) is 30.7 Å². The van der Waals surface area contributed by atoms with Gasteiger partial charge in [-0.2, -0.15) is 0 Å². The molecule has 7 heteroatoms. The summed E-state index contributed by atoms with van der Waals surface area (Å²) in [5, 5.41) is 3.06. The zero-order valence-electron chi connectivity index (χ0n) is 11.9. The first-order valence-electron chi connectivity index (χ1n) is 6.82. The Morgan fingerprint density at radius 2 is 2.25 bits per heavy atom. The Labute approximate surface area is 124 Å². The monoisotopic (exact) mass is 318 g/mol. The molecule has 1 aliphatic heterocycles. The molecule has 2 heterocycles. The van der Waals surface area contributed by atoms with Crippen molar-refractivity contribution in [1.29, 1.82) is 0 Å². The molecule has 5 nitrogen and oxygen atoms in total. The Balaban J connectivity index is 1.97. The van der Waals surface area contributed by atoms with E-state index in [2.05, 4.69) is 10.0 Å². The molecule has 2 rings (SSSR count). The molecule has 1 atom stereocenters. The molecule has 0 amide bonds. The minimum atomic E-state index is -3.42. The van der Waals surface area contributed by atoms with Crippen LogP contribution < -0.4 is 10.0 Å². The smallest absolute Gasteiger partial charge is 0.250 e. The van der Waals surface area contributed by atoms with E-state index in [1.54, 1.807) is 6.07 Å². The van der Waals surface area contributed by atoms with Gasteiger partial charge in [0, 0.05) is 18.0 Å². The van der Waals surface area contributed by atoms with Crippen LogP contribution in [-0.4, -0.2) is 40.8 Å². The highest BCUT2D eigenvalue weighted by atomic mass is 32.2. The summed E-state index contributed by atoms with van der Waals surface area (Å²) in [6.45, 7) is 3.85. The van der Waals surface area contributed by atoms with Gasteiger partial charge in [-0.15, -0.1) is 11.3 Å². The Hall–Kier alpha value is -0.470. The molecule has 0 aromatic carbocycles. The molecule has 114 valence electrons. The molecule has 0 spiro atoms. The van der Waals surface area contributed by atoms with Crippen molar-refractivity contribution in [2.75, 3.05) is 26.7 Å². The van der Waals surface area contributed by atoms with Crippen LogP contribution in [0.5, 0.6) is 0 Å².